The summed E-state index contributed by atoms with van der Waals surface area (Å²) in [6, 6.07) is 15.3. The van der Waals surface area contributed by atoms with Crippen LogP contribution in [-0.2, 0) is 6.42 Å². The second-order valence-electron chi connectivity index (χ2n) is 4.74. The largest absolute Gasteiger partial charge is 0.378 e. The van der Waals surface area contributed by atoms with E-state index < -0.39 is 0 Å². The molecule has 0 saturated heterocycles. The highest BCUT2D eigenvalue weighted by atomic mass is 16.6. The van der Waals surface area contributed by atoms with Gasteiger partial charge >= 0.3 is 0 Å². The molecule has 96 valence electrons. The van der Waals surface area contributed by atoms with E-state index in [9.17, 15) is 10.1 Å². The summed E-state index contributed by atoms with van der Waals surface area (Å²) in [5.41, 5.74) is 3.77. The molecule has 0 fully saturated rings. The van der Waals surface area contributed by atoms with Crippen LogP contribution in [0.5, 0.6) is 0 Å². The van der Waals surface area contributed by atoms with Gasteiger partial charge in [-0.3, -0.25) is 10.1 Å². The van der Waals surface area contributed by atoms with E-state index in [1.54, 1.807) is 12.1 Å². The lowest BCUT2D eigenvalue weighted by atomic mass is 10.1. The molecule has 0 spiro atoms. The summed E-state index contributed by atoms with van der Waals surface area (Å²) in [4.78, 5) is 10.2. The SMILES string of the molecule is O=[N+]([O-])c1ccc(NC2CCc3ccccc32)cc1. The standard InChI is InChI=1S/C15H14N2O2/c18-17(19)13-8-6-12(7-9-13)16-15-10-5-11-3-1-2-4-14(11)15/h1-4,6-9,15-16H,5,10H2. The first-order valence-corrected chi connectivity index (χ1v) is 6.33. The van der Waals surface area contributed by atoms with Gasteiger partial charge in [-0.15, -0.1) is 0 Å². The van der Waals surface area contributed by atoms with Crippen molar-refractivity contribution in [2.24, 2.45) is 0 Å². The van der Waals surface area contributed by atoms with Crippen LogP contribution in [0.4, 0.5) is 11.4 Å². The van der Waals surface area contributed by atoms with Gasteiger partial charge in [0.05, 0.1) is 11.0 Å². The van der Waals surface area contributed by atoms with Crippen molar-refractivity contribution < 1.29 is 4.92 Å². The van der Waals surface area contributed by atoms with Crippen molar-refractivity contribution in [2.45, 2.75) is 18.9 Å². The number of aryl methyl sites for hydroxylation is 1. The Labute approximate surface area is 111 Å². The van der Waals surface area contributed by atoms with Gasteiger partial charge in [0.25, 0.3) is 5.69 Å². The van der Waals surface area contributed by atoms with Crippen LogP contribution in [0.15, 0.2) is 48.5 Å². The third-order valence-electron chi connectivity index (χ3n) is 3.55. The average Bonchev–Trinajstić information content (AvgIpc) is 2.83. The molecule has 0 saturated carbocycles. The molecular formula is C15H14N2O2. The van der Waals surface area contributed by atoms with Gasteiger partial charge in [-0.05, 0) is 36.1 Å². The van der Waals surface area contributed by atoms with Crippen molar-refractivity contribution in [3.05, 3.63) is 69.8 Å². The van der Waals surface area contributed by atoms with Crippen LogP contribution in [0.1, 0.15) is 23.6 Å². The van der Waals surface area contributed by atoms with Crippen LogP contribution in [0.25, 0.3) is 0 Å². The van der Waals surface area contributed by atoms with Gasteiger partial charge in [-0.1, -0.05) is 24.3 Å². The Bertz CT molecular complexity index is 608. The minimum atomic E-state index is -0.380. The molecule has 0 radical (unpaired) electrons. The van der Waals surface area contributed by atoms with Crippen LogP contribution in [0.2, 0.25) is 0 Å². The van der Waals surface area contributed by atoms with E-state index in [0.717, 1.165) is 18.5 Å². The van der Waals surface area contributed by atoms with E-state index in [4.69, 9.17) is 0 Å². The number of anilines is 1. The van der Waals surface area contributed by atoms with Crippen LogP contribution in [-0.4, -0.2) is 4.92 Å². The second kappa shape index (κ2) is 4.72. The summed E-state index contributed by atoms with van der Waals surface area (Å²) in [5, 5.41) is 14.0. The first-order valence-electron chi connectivity index (χ1n) is 6.33. The minimum Gasteiger partial charge on any atom is -0.378 e. The lowest BCUT2D eigenvalue weighted by Crippen LogP contribution is -2.06. The van der Waals surface area contributed by atoms with Crippen molar-refractivity contribution in [3.63, 3.8) is 0 Å². The molecule has 0 bridgehead atoms. The highest BCUT2D eigenvalue weighted by Crippen LogP contribution is 2.33. The Morgan fingerprint density at radius 2 is 1.84 bits per heavy atom. The molecule has 0 heterocycles. The number of nitro groups is 1. The van der Waals surface area contributed by atoms with Crippen LogP contribution in [0.3, 0.4) is 0 Å². The first-order chi connectivity index (χ1) is 9.24. The Morgan fingerprint density at radius 1 is 1.11 bits per heavy atom. The lowest BCUT2D eigenvalue weighted by molar-refractivity contribution is -0.384. The fraction of sp³-hybridized carbons (Fsp3) is 0.200. The third kappa shape index (κ3) is 2.29. The summed E-state index contributed by atoms with van der Waals surface area (Å²) >= 11 is 0. The summed E-state index contributed by atoms with van der Waals surface area (Å²) in [6.45, 7) is 0. The molecule has 3 rings (SSSR count). The number of fused-ring (bicyclic) bond motifs is 1. The molecule has 1 aliphatic rings. The molecule has 4 heteroatoms. The van der Waals surface area contributed by atoms with Crippen LogP contribution < -0.4 is 5.32 Å². The molecule has 2 aromatic carbocycles. The Hall–Kier alpha value is -2.36. The monoisotopic (exact) mass is 254 g/mol. The summed E-state index contributed by atoms with van der Waals surface area (Å²) in [7, 11) is 0. The van der Waals surface area contributed by atoms with Crippen molar-refractivity contribution in [1.82, 2.24) is 0 Å². The van der Waals surface area contributed by atoms with Crippen LogP contribution in [0, 0.1) is 10.1 Å². The molecule has 1 N–H and O–H groups in total. The molecule has 19 heavy (non-hydrogen) atoms. The molecule has 2 aromatic rings. The van der Waals surface area contributed by atoms with Gasteiger partial charge in [0.2, 0.25) is 0 Å². The Kier molecular flexibility index (Phi) is 2.91. The summed E-state index contributed by atoms with van der Waals surface area (Å²) in [5.74, 6) is 0. The lowest BCUT2D eigenvalue weighted by Gasteiger charge is -2.15. The molecule has 0 aliphatic heterocycles. The van der Waals surface area contributed by atoms with Gasteiger partial charge in [-0.25, -0.2) is 0 Å². The first kappa shape index (κ1) is 11.7. The number of hydrogen-bond donors (Lipinski definition) is 1. The predicted octanol–water partition coefficient (Wildman–Crippen LogP) is 3.69. The van der Waals surface area contributed by atoms with Gasteiger partial charge in [0.1, 0.15) is 0 Å². The van der Waals surface area contributed by atoms with Crippen molar-refractivity contribution >= 4 is 11.4 Å². The van der Waals surface area contributed by atoms with Gasteiger partial charge in [0, 0.05) is 17.8 Å². The van der Waals surface area contributed by atoms with Crippen molar-refractivity contribution in [1.29, 1.82) is 0 Å². The highest BCUT2D eigenvalue weighted by molar-refractivity contribution is 5.51. The predicted molar refractivity (Wildman–Crippen MR) is 74.2 cm³/mol. The number of nitro benzene ring substituents is 1. The van der Waals surface area contributed by atoms with Crippen LogP contribution >= 0.6 is 0 Å². The van der Waals surface area contributed by atoms with Gasteiger partial charge in [0.15, 0.2) is 0 Å². The number of benzene rings is 2. The van der Waals surface area contributed by atoms with Gasteiger partial charge in [-0.2, -0.15) is 0 Å². The number of rotatable bonds is 3. The molecule has 4 nitrogen and oxygen atoms in total. The zero-order valence-corrected chi connectivity index (χ0v) is 10.4. The maximum Gasteiger partial charge on any atom is 0.269 e. The zero-order chi connectivity index (χ0) is 13.2. The highest BCUT2D eigenvalue weighted by Gasteiger charge is 2.21. The smallest absolute Gasteiger partial charge is 0.269 e. The quantitative estimate of drug-likeness (QED) is 0.671. The Morgan fingerprint density at radius 3 is 2.58 bits per heavy atom. The van der Waals surface area contributed by atoms with E-state index in [-0.39, 0.29) is 10.6 Å². The van der Waals surface area contributed by atoms with Gasteiger partial charge < -0.3 is 5.32 Å². The van der Waals surface area contributed by atoms with E-state index in [2.05, 4.69) is 29.6 Å². The molecule has 1 unspecified atom stereocenters. The third-order valence-corrected chi connectivity index (χ3v) is 3.55. The topological polar surface area (TPSA) is 55.2 Å². The number of nitrogens with one attached hydrogen (secondary N) is 1. The van der Waals surface area contributed by atoms with Crippen molar-refractivity contribution in [2.75, 3.05) is 5.32 Å². The van der Waals surface area contributed by atoms with E-state index in [1.165, 1.54) is 23.3 Å². The number of hydrogen-bond acceptors (Lipinski definition) is 3. The Balaban J connectivity index is 1.78. The summed E-state index contributed by atoms with van der Waals surface area (Å²) in [6.07, 6.45) is 2.15. The fourth-order valence-electron chi connectivity index (χ4n) is 2.59. The molecule has 1 aliphatic carbocycles. The number of nitrogens with zero attached hydrogens (tertiary/aromatic N) is 1. The maximum atomic E-state index is 10.6. The van der Waals surface area contributed by atoms with E-state index in [1.807, 2.05) is 0 Å². The zero-order valence-electron chi connectivity index (χ0n) is 10.4. The van der Waals surface area contributed by atoms with Crippen molar-refractivity contribution in [3.8, 4) is 0 Å². The molecular weight excluding hydrogens is 240 g/mol. The average molecular weight is 254 g/mol. The maximum absolute atomic E-state index is 10.6. The molecule has 0 aromatic heterocycles. The summed E-state index contributed by atoms with van der Waals surface area (Å²) < 4.78 is 0. The second-order valence-corrected chi connectivity index (χ2v) is 4.74. The fourth-order valence-corrected chi connectivity index (χ4v) is 2.59. The molecule has 0 amide bonds. The molecule has 1 atom stereocenters. The number of non-ortho nitro benzene ring substituents is 1. The minimum absolute atomic E-state index is 0.123. The van der Waals surface area contributed by atoms with E-state index in [0.29, 0.717) is 6.04 Å². The van der Waals surface area contributed by atoms with E-state index >= 15 is 0 Å². The normalized spacial score (nSPS) is 16.9.